The summed E-state index contributed by atoms with van der Waals surface area (Å²) in [7, 11) is 0. The van der Waals surface area contributed by atoms with E-state index in [1.54, 1.807) is 12.1 Å². The number of halogens is 1. The fraction of sp³-hybridized carbons (Fsp3) is 0.278. The van der Waals surface area contributed by atoms with Gasteiger partial charge in [-0.2, -0.15) is 0 Å². The van der Waals surface area contributed by atoms with Crippen LogP contribution in [0.4, 0.5) is 0 Å². The first-order chi connectivity index (χ1) is 11.1. The van der Waals surface area contributed by atoms with Gasteiger partial charge in [0.2, 0.25) is 5.91 Å². The number of hydrogen-bond acceptors (Lipinski definition) is 3. The third-order valence-electron chi connectivity index (χ3n) is 4.02. The molecule has 0 bridgehead atoms. The van der Waals surface area contributed by atoms with Crippen molar-refractivity contribution in [2.75, 3.05) is 13.2 Å². The zero-order chi connectivity index (χ0) is 16.3. The Kier molecular flexibility index (Phi) is 4.55. The lowest BCUT2D eigenvalue weighted by molar-refractivity contribution is -0.122. The van der Waals surface area contributed by atoms with E-state index in [4.69, 9.17) is 16.3 Å². The molecule has 0 spiro atoms. The van der Waals surface area contributed by atoms with E-state index >= 15 is 0 Å². The van der Waals surface area contributed by atoms with Crippen LogP contribution in [-0.2, 0) is 16.8 Å². The van der Waals surface area contributed by atoms with Gasteiger partial charge in [-0.3, -0.25) is 4.79 Å². The van der Waals surface area contributed by atoms with E-state index < -0.39 is 5.60 Å². The Morgan fingerprint density at radius 1 is 1.22 bits per heavy atom. The molecule has 1 heterocycles. The van der Waals surface area contributed by atoms with E-state index in [0.29, 0.717) is 23.8 Å². The van der Waals surface area contributed by atoms with Crippen molar-refractivity contribution < 1.29 is 14.6 Å². The van der Waals surface area contributed by atoms with Gasteiger partial charge in [-0.25, -0.2) is 0 Å². The number of fused-ring (bicyclic) bond motifs is 1. The molecule has 1 aliphatic heterocycles. The molecule has 1 atom stereocenters. The normalized spacial score (nSPS) is 19.6. The molecule has 0 saturated carbocycles. The molecule has 0 aromatic heterocycles. The number of aliphatic hydroxyl groups is 1. The third kappa shape index (κ3) is 3.66. The monoisotopic (exact) mass is 331 g/mol. The molecular formula is C18H18ClNO3. The molecule has 23 heavy (non-hydrogen) atoms. The summed E-state index contributed by atoms with van der Waals surface area (Å²) < 4.78 is 5.55. The average molecular weight is 332 g/mol. The van der Waals surface area contributed by atoms with Gasteiger partial charge in [-0.15, -0.1) is 0 Å². The van der Waals surface area contributed by atoms with Crippen LogP contribution in [0, 0.1) is 0 Å². The van der Waals surface area contributed by atoms with Gasteiger partial charge in [0.15, 0.2) is 0 Å². The van der Waals surface area contributed by atoms with Crippen LogP contribution in [0.25, 0.3) is 0 Å². The highest BCUT2D eigenvalue weighted by Crippen LogP contribution is 2.36. The lowest BCUT2D eigenvalue weighted by Gasteiger charge is -2.34. The first-order valence-electron chi connectivity index (χ1n) is 7.53. The zero-order valence-electron chi connectivity index (χ0n) is 12.6. The van der Waals surface area contributed by atoms with Crippen LogP contribution in [0.15, 0.2) is 48.5 Å². The summed E-state index contributed by atoms with van der Waals surface area (Å²) in [6, 6.07) is 14.5. The summed E-state index contributed by atoms with van der Waals surface area (Å²) in [5.74, 6) is 0.540. The number of hydrogen-bond donors (Lipinski definition) is 2. The molecule has 4 nitrogen and oxygen atoms in total. The first kappa shape index (κ1) is 15.8. The minimum absolute atomic E-state index is 0.135. The lowest BCUT2D eigenvalue weighted by Crippen LogP contribution is -2.44. The molecule has 2 N–H and O–H groups in total. The highest BCUT2D eigenvalue weighted by Gasteiger charge is 2.35. The second kappa shape index (κ2) is 6.60. The van der Waals surface area contributed by atoms with E-state index in [9.17, 15) is 9.90 Å². The quantitative estimate of drug-likeness (QED) is 0.905. The number of carbonyl (C=O) groups excluding carboxylic acids is 1. The van der Waals surface area contributed by atoms with Gasteiger partial charge in [0.25, 0.3) is 0 Å². The number of amides is 1. The second-order valence-corrected chi connectivity index (χ2v) is 6.14. The first-order valence-corrected chi connectivity index (χ1v) is 7.90. The van der Waals surface area contributed by atoms with Crippen molar-refractivity contribution in [1.29, 1.82) is 0 Å². The summed E-state index contributed by atoms with van der Waals surface area (Å²) in [6.07, 6.45) is 0.705. The van der Waals surface area contributed by atoms with Gasteiger partial charge in [0.1, 0.15) is 11.4 Å². The summed E-state index contributed by atoms with van der Waals surface area (Å²) in [4.78, 5) is 12.1. The zero-order valence-corrected chi connectivity index (χ0v) is 13.3. The minimum atomic E-state index is -1.09. The van der Waals surface area contributed by atoms with Crippen molar-refractivity contribution in [3.05, 3.63) is 64.7 Å². The number of para-hydroxylation sites is 1. The maximum atomic E-state index is 12.1. The van der Waals surface area contributed by atoms with Gasteiger partial charge in [-0.05, 0) is 23.8 Å². The highest BCUT2D eigenvalue weighted by molar-refractivity contribution is 6.30. The molecule has 1 aliphatic rings. The fourth-order valence-electron chi connectivity index (χ4n) is 2.72. The minimum Gasteiger partial charge on any atom is -0.493 e. The molecule has 0 saturated heterocycles. The summed E-state index contributed by atoms with van der Waals surface area (Å²) in [6.45, 7) is 0.598. The van der Waals surface area contributed by atoms with Crippen LogP contribution in [0.3, 0.4) is 0 Å². The van der Waals surface area contributed by atoms with Crippen molar-refractivity contribution in [3.63, 3.8) is 0 Å². The summed E-state index contributed by atoms with van der Waals surface area (Å²) >= 11 is 5.83. The van der Waals surface area contributed by atoms with Gasteiger partial charge < -0.3 is 15.2 Å². The molecule has 2 aromatic carbocycles. The van der Waals surface area contributed by atoms with E-state index in [1.807, 2.05) is 36.4 Å². The summed E-state index contributed by atoms with van der Waals surface area (Å²) in [5.41, 5.74) is 0.508. The van der Waals surface area contributed by atoms with Crippen LogP contribution >= 0.6 is 11.6 Å². The van der Waals surface area contributed by atoms with Crippen LogP contribution in [0.5, 0.6) is 5.75 Å². The molecule has 0 aliphatic carbocycles. The molecule has 1 amide bonds. The number of nitrogens with one attached hydrogen (secondary N) is 1. The molecule has 0 radical (unpaired) electrons. The van der Waals surface area contributed by atoms with Crippen LogP contribution in [-0.4, -0.2) is 24.2 Å². The second-order valence-electron chi connectivity index (χ2n) is 5.71. The van der Waals surface area contributed by atoms with Crippen molar-refractivity contribution in [2.45, 2.75) is 18.4 Å². The van der Waals surface area contributed by atoms with Gasteiger partial charge in [-0.1, -0.05) is 41.9 Å². The molecule has 1 unspecified atom stereocenters. The van der Waals surface area contributed by atoms with E-state index in [-0.39, 0.29) is 18.9 Å². The Morgan fingerprint density at radius 2 is 1.96 bits per heavy atom. The maximum absolute atomic E-state index is 12.1. The fourth-order valence-corrected chi connectivity index (χ4v) is 2.85. The topological polar surface area (TPSA) is 58.6 Å². The number of ether oxygens (including phenoxy) is 1. The number of rotatable bonds is 4. The Hall–Kier alpha value is -2.04. The number of carbonyl (C=O) groups is 1. The summed E-state index contributed by atoms with van der Waals surface area (Å²) in [5, 5.41) is 14.3. The standard InChI is InChI=1S/C18H18ClNO3/c19-14-7-5-13(6-8-14)11-17(21)20-12-18(22)9-10-23-16-4-2-1-3-15(16)18/h1-8,22H,9-12H2,(H,20,21). The van der Waals surface area contributed by atoms with Crippen LogP contribution in [0.2, 0.25) is 5.02 Å². The Bertz CT molecular complexity index is 702. The average Bonchev–Trinajstić information content (AvgIpc) is 2.56. The van der Waals surface area contributed by atoms with Gasteiger partial charge >= 0.3 is 0 Å². The molecule has 120 valence electrons. The van der Waals surface area contributed by atoms with E-state index in [2.05, 4.69) is 5.32 Å². The maximum Gasteiger partial charge on any atom is 0.224 e. The van der Waals surface area contributed by atoms with Gasteiger partial charge in [0.05, 0.1) is 19.6 Å². The Labute approximate surface area is 140 Å². The lowest BCUT2D eigenvalue weighted by atomic mass is 9.88. The van der Waals surface area contributed by atoms with Crippen molar-refractivity contribution in [3.8, 4) is 5.75 Å². The Morgan fingerprint density at radius 3 is 2.74 bits per heavy atom. The van der Waals surface area contributed by atoms with Crippen molar-refractivity contribution in [2.24, 2.45) is 0 Å². The molecule has 0 fully saturated rings. The van der Waals surface area contributed by atoms with Crippen LogP contribution < -0.4 is 10.1 Å². The Balaban J connectivity index is 1.64. The molecular weight excluding hydrogens is 314 g/mol. The SMILES string of the molecule is O=C(Cc1ccc(Cl)cc1)NCC1(O)CCOc2ccccc21. The molecule has 5 heteroatoms. The largest absolute Gasteiger partial charge is 0.493 e. The van der Waals surface area contributed by atoms with E-state index in [1.165, 1.54) is 0 Å². The van der Waals surface area contributed by atoms with Crippen molar-refractivity contribution in [1.82, 2.24) is 5.32 Å². The smallest absolute Gasteiger partial charge is 0.224 e. The third-order valence-corrected chi connectivity index (χ3v) is 4.27. The van der Waals surface area contributed by atoms with Crippen LogP contribution in [0.1, 0.15) is 17.5 Å². The predicted molar refractivity (Wildman–Crippen MR) is 88.6 cm³/mol. The molecule has 2 aromatic rings. The van der Waals surface area contributed by atoms with Crippen molar-refractivity contribution >= 4 is 17.5 Å². The van der Waals surface area contributed by atoms with Gasteiger partial charge in [0, 0.05) is 17.0 Å². The number of benzene rings is 2. The highest BCUT2D eigenvalue weighted by atomic mass is 35.5. The van der Waals surface area contributed by atoms with E-state index in [0.717, 1.165) is 11.1 Å². The molecule has 3 rings (SSSR count). The predicted octanol–water partition coefficient (Wildman–Crippen LogP) is 2.67.